The van der Waals surface area contributed by atoms with Gasteiger partial charge in [0.1, 0.15) is 0 Å². The first-order valence-electron chi connectivity index (χ1n) is 9.39. The van der Waals surface area contributed by atoms with Crippen LogP contribution in [0, 0.1) is 35.0 Å². The molecule has 1 heteroatoms. The fourth-order valence-electron chi connectivity index (χ4n) is 7.04. The lowest BCUT2D eigenvalue weighted by atomic mass is 9.50. The van der Waals surface area contributed by atoms with E-state index in [0.717, 1.165) is 42.4 Å². The molecule has 0 aromatic carbocycles. The van der Waals surface area contributed by atoms with Gasteiger partial charge in [0.2, 0.25) is 0 Å². The molecule has 116 valence electrons. The smallest absolute Gasteiger partial charge is 0.155 e. The number of ketones is 1. The van der Waals surface area contributed by atoms with Crippen LogP contribution < -0.4 is 0 Å². The summed E-state index contributed by atoms with van der Waals surface area (Å²) < 4.78 is 0. The standard InChI is InChI=1S/C20H30O/c1-3-20-11-10-17-16-8-6-15(21)12-14(16)5-7-18(17)19(20)9-4-13(20)2/h12-13,16-19H,3-11H2,1-2H3. The van der Waals surface area contributed by atoms with Crippen LogP contribution >= 0.6 is 0 Å². The molecule has 0 bridgehead atoms. The highest BCUT2D eigenvalue weighted by Crippen LogP contribution is 2.64. The van der Waals surface area contributed by atoms with E-state index < -0.39 is 0 Å². The molecule has 3 saturated carbocycles. The van der Waals surface area contributed by atoms with Gasteiger partial charge in [-0.3, -0.25) is 4.79 Å². The number of hydrogen-bond donors (Lipinski definition) is 0. The molecule has 4 rings (SSSR count). The van der Waals surface area contributed by atoms with Crippen molar-refractivity contribution in [1.82, 2.24) is 0 Å². The van der Waals surface area contributed by atoms with E-state index in [1.807, 2.05) is 6.08 Å². The van der Waals surface area contributed by atoms with Gasteiger partial charge in [0, 0.05) is 6.42 Å². The van der Waals surface area contributed by atoms with E-state index in [2.05, 4.69) is 13.8 Å². The lowest BCUT2D eigenvalue weighted by Gasteiger charge is -2.55. The van der Waals surface area contributed by atoms with Gasteiger partial charge in [-0.15, -0.1) is 0 Å². The summed E-state index contributed by atoms with van der Waals surface area (Å²) in [7, 11) is 0. The predicted molar refractivity (Wildman–Crippen MR) is 85.9 cm³/mol. The van der Waals surface area contributed by atoms with Crippen molar-refractivity contribution in [3.63, 3.8) is 0 Å². The summed E-state index contributed by atoms with van der Waals surface area (Å²) >= 11 is 0. The molecule has 6 atom stereocenters. The van der Waals surface area contributed by atoms with Crippen LogP contribution in [0.3, 0.4) is 0 Å². The van der Waals surface area contributed by atoms with Crippen LogP contribution in [0.4, 0.5) is 0 Å². The second-order valence-corrected chi connectivity index (χ2v) is 8.41. The second-order valence-electron chi connectivity index (χ2n) is 8.41. The Labute approximate surface area is 129 Å². The molecule has 4 aliphatic carbocycles. The molecule has 0 amide bonds. The summed E-state index contributed by atoms with van der Waals surface area (Å²) in [5, 5.41) is 0. The van der Waals surface area contributed by atoms with E-state index in [-0.39, 0.29) is 0 Å². The molecule has 0 saturated heterocycles. The lowest BCUT2D eigenvalue weighted by Crippen LogP contribution is -2.47. The van der Waals surface area contributed by atoms with Gasteiger partial charge in [-0.1, -0.05) is 19.4 Å². The van der Waals surface area contributed by atoms with E-state index in [9.17, 15) is 4.79 Å². The Morgan fingerprint density at radius 3 is 2.76 bits per heavy atom. The maximum Gasteiger partial charge on any atom is 0.155 e. The molecule has 0 aromatic rings. The van der Waals surface area contributed by atoms with E-state index >= 15 is 0 Å². The van der Waals surface area contributed by atoms with Crippen LogP contribution in [0.2, 0.25) is 0 Å². The SMILES string of the molecule is CCC12CCC3C4CCC(=O)C=C4CCC3C1CCC2C. The van der Waals surface area contributed by atoms with Crippen molar-refractivity contribution in [2.45, 2.75) is 71.6 Å². The predicted octanol–water partition coefficient (Wildman–Crippen LogP) is 5.15. The zero-order chi connectivity index (χ0) is 14.6. The Balaban J connectivity index is 1.64. The van der Waals surface area contributed by atoms with Gasteiger partial charge in [-0.05, 0) is 92.4 Å². The average molecular weight is 286 g/mol. The summed E-state index contributed by atoms with van der Waals surface area (Å²) in [5.41, 5.74) is 2.20. The third-order valence-electron chi connectivity index (χ3n) is 8.11. The number of fused-ring (bicyclic) bond motifs is 5. The first-order valence-corrected chi connectivity index (χ1v) is 9.39. The van der Waals surface area contributed by atoms with E-state index in [0.29, 0.717) is 11.2 Å². The minimum atomic E-state index is 0.396. The number of carbonyl (C=O) groups is 1. The maximum atomic E-state index is 11.7. The van der Waals surface area contributed by atoms with Gasteiger partial charge in [0.25, 0.3) is 0 Å². The zero-order valence-corrected chi connectivity index (χ0v) is 13.7. The molecular formula is C20H30O. The molecule has 0 heterocycles. The molecule has 0 radical (unpaired) electrons. The van der Waals surface area contributed by atoms with E-state index in [1.165, 1.54) is 50.5 Å². The van der Waals surface area contributed by atoms with Crippen LogP contribution in [-0.2, 0) is 4.79 Å². The minimum Gasteiger partial charge on any atom is -0.295 e. The zero-order valence-electron chi connectivity index (χ0n) is 13.7. The van der Waals surface area contributed by atoms with Crippen LogP contribution in [0.1, 0.15) is 71.6 Å². The van der Waals surface area contributed by atoms with Crippen molar-refractivity contribution in [3.8, 4) is 0 Å². The van der Waals surface area contributed by atoms with Crippen molar-refractivity contribution in [3.05, 3.63) is 11.6 Å². The van der Waals surface area contributed by atoms with Crippen molar-refractivity contribution in [1.29, 1.82) is 0 Å². The topological polar surface area (TPSA) is 17.1 Å². The maximum absolute atomic E-state index is 11.7. The number of allylic oxidation sites excluding steroid dienone is 1. The highest BCUT2D eigenvalue weighted by molar-refractivity contribution is 5.91. The summed E-state index contributed by atoms with van der Waals surface area (Å²) in [6, 6.07) is 0. The Kier molecular flexibility index (Phi) is 3.32. The largest absolute Gasteiger partial charge is 0.295 e. The summed E-state index contributed by atoms with van der Waals surface area (Å²) in [4.78, 5) is 11.7. The van der Waals surface area contributed by atoms with Gasteiger partial charge < -0.3 is 0 Å². The van der Waals surface area contributed by atoms with Crippen LogP contribution in [0.5, 0.6) is 0 Å². The second kappa shape index (κ2) is 4.96. The third-order valence-corrected chi connectivity index (χ3v) is 8.11. The molecular weight excluding hydrogens is 256 g/mol. The number of hydrogen-bond acceptors (Lipinski definition) is 1. The normalized spacial score (nSPS) is 49.1. The Bertz CT molecular complexity index is 476. The highest BCUT2D eigenvalue weighted by atomic mass is 16.1. The number of carbonyl (C=O) groups excluding carboxylic acids is 1. The third kappa shape index (κ3) is 1.92. The molecule has 21 heavy (non-hydrogen) atoms. The first-order chi connectivity index (χ1) is 10.2. The van der Waals surface area contributed by atoms with Gasteiger partial charge in [0.15, 0.2) is 5.78 Å². The lowest BCUT2D eigenvalue weighted by molar-refractivity contribution is -0.116. The molecule has 6 unspecified atom stereocenters. The van der Waals surface area contributed by atoms with Gasteiger partial charge in [0.05, 0.1) is 0 Å². The molecule has 0 aromatic heterocycles. The molecule has 3 fully saturated rings. The van der Waals surface area contributed by atoms with Gasteiger partial charge >= 0.3 is 0 Å². The fourth-order valence-corrected chi connectivity index (χ4v) is 7.04. The molecule has 1 nitrogen and oxygen atoms in total. The summed E-state index contributed by atoms with van der Waals surface area (Å²) in [6.45, 7) is 4.97. The first kappa shape index (κ1) is 14.0. The van der Waals surface area contributed by atoms with Crippen LogP contribution in [0.25, 0.3) is 0 Å². The minimum absolute atomic E-state index is 0.396. The van der Waals surface area contributed by atoms with Crippen molar-refractivity contribution in [2.24, 2.45) is 35.0 Å². The van der Waals surface area contributed by atoms with Crippen molar-refractivity contribution >= 4 is 5.78 Å². The molecule has 0 N–H and O–H groups in total. The quantitative estimate of drug-likeness (QED) is 0.651. The monoisotopic (exact) mass is 286 g/mol. The van der Waals surface area contributed by atoms with Crippen LogP contribution in [0.15, 0.2) is 11.6 Å². The van der Waals surface area contributed by atoms with Gasteiger partial charge in [-0.25, -0.2) is 0 Å². The van der Waals surface area contributed by atoms with Gasteiger partial charge in [-0.2, -0.15) is 0 Å². The summed E-state index contributed by atoms with van der Waals surface area (Å²) in [6.07, 6.45) is 13.9. The highest BCUT2D eigenvalue weighted by Gasteiger charge is 2.56. The van der Waals surface area contributed by atoms with Crippen molar-refractivity contribution in [2.75, 3.05) is 0 Å². The Hall–Kier alpha value is -0.590. The van der Waals surface area contributed by atoms with E-state index in [4.69, 9.17) is 0 Å². The molecule has 0 aliphatic heterocycles. The van der Waals surface area contributed by atoms with Crippen molar-refractivity contribution < 1.29 is 4.79 Å². The molecule has 4 aliphatic rings. The van der Waals surface area contributed by atoms with Crippen LogP contribution in [-0.4, -0.2) is 5.78 Å². The Morgan fingerprint density at radius 2 is 1.95 bits per heavy atom. The number of rotatable bonds is 1. The average Bonchev–Trinajstić information content (AvgIpc) is 2.84. The summed E-state index contributed by atoms with van der Waals surface area (Å²) in [5.74, 6) is 4.99. The van der Waals surface area contributed by atoms with E-state index in [1.54, 1.807) is 0 Å². The fraction of sp³-hybridized carbons (Fsp3) is 0.850. The molecule has 0 spiro atoms. The Morgan fingerprint density at radius 1 is 1.10 bits per heavy atom.